The minimum atomic E-state index is -1.52. The molecule has 0 aromatic carbocycles. The van der Waals surface area contributed by atoms with E-state index in [1.807, 2.05) is 39.6 Å². The van der Waals surface area contributed by atoms with E-state index in [4.69, 9.17) is 4.74 Å². The Bertz CT molecular complexity index is 438. The van der Waals surface area contributed by atoms with E-state index in [1.54, 1.807) is 6.92 Å². The van der Waals surface area contributed by atoms with Crippen LogP contribution in [0, 0.1) is 11.8 Å². The van der Waals surface area contributed by atoms with Gasteiger partial charge in [0.25, 0.3) is 0 Å². The lowest BCUT2D eigenvalue weighted by Gasteiger charge is -2.38. The number of ether oxygens (including phenoxy) is 1. The molecule has 3 unspecified atom stereocenters. The fourth-order valence-corrected chi connectivity index (χ4v) is 3.69. The van der Waals surface area contributed by atoms with E-state index in [9.17, 15) is 20.1 Å². The predicted octanol–water partition coefficient (Wildman–Crippen LogP) is 2.59. The molecular weight excluding hydrogens is 346 g/mol. The first-order chi connectivity index (χ1) is 12.4. The van der Waals surface area contributed by atoms with Gasteiger partial charge in [-0.15, -0.1) is 0 Å². The van der Waals surface area contributed by atoms with E-state index in [1.165, 1.54) is 6.92 Å². The van der Waals surface area contributed by atoms with Crippen LogP contribution in [0.2, 0.25) is 0 Å². The summed E-state index contributed by atoms with van der Waals surface area (Å²) < 4.78 is 5.24. The third-order valence-corrected chi connectivity index (χ3v) is 5.44. The third-order valence-electron chi connectivity index (χ3n) is 5.44. The van der Waals surface area contributed by atoms with Gasteiger partial charge in [-0.1, -0.05) is 27.7 Å². The van der Waals surface area contributed by atoms with Gasteiger partial charge >= 0.3 is 5.97 Å². The Labute approximate surface area is 165 Å². The molecule has 0 amide bonds. The first-order valence-corrected chi connectivity index (χ1v) is 10.4. The fourth-order valence-electron chi connectivity index (χ4n) is 3.69. The summed E-state index contributed by atoms with van der Waals surface area (Å²) in [7, 11) is 1.89. The van der Waals surface area contributed by atoms with Crippen LogP contribution in [0.5, 0.6) is 0 Å². The molecule has 0 radical (unpaired) electrons. The zero-order valence-electron chi connectivity index (χ0n) is 18.7. The fraction of sp³-hybridized carbons (Fsp3) is 0.952. The molecule has 27 heavy (non-hydrogen) atoms. The van der Waals surface area contributed by atoms with Crippen LogP contribution in [0.15, 0.2) is 0 Å². The van der Waals surface area contributed by atoms with Crippen LogP contribution in [0.1, 0.15) is 74.1 Å². The number of likely N-dealkylation sites (N-methyl/N-ethyl adjacent to an activating group) is 1. The summed E-state index contributed by atoms with van der Waals surface area (Å²) in [5, 5.41) is 31.7. The van der Waals surface area contributed by atoms with Gasteiger partial charge in [-0.2, -0.15) is 0 Å². The van der Waals surface area contributed by atoms with Gasteiger partial charge in [0, 0.05) is 12.6 Å². The molecule has 3 N–H and O–H groups in total. The largest absolute Gasteiger partial charge is 0.462 e. The molecule has 1 aliphatic rings. The van der Waals surface area contributed by atoms with Crippen LogP contribution in [-0.2, 0) is 9.53 Å². The maximum atomic E-state index is 12.1. The monoisotopic (exact) mass is 389 g/mol. The molecular formula is C21H43NO5. The topological polar surface area (TPSA) is 90.2 Å². The summed E-state index contributed by atoms with van der Waals surface area (Å²) in [6, 6.07) is -0.316. The Kier molecular flexibility index (Phi) is 11.1. The first kappa shape index (κ1) is 26.3. The SMILES string of the molecule is CC.CC1CCC[C@](C)(O)C[C@@H](C)CN(C)C(C)C(O)[C@](C)(O)COC1=O. The normalized spacial score (nSPS) is 40.8. The summed E-state index contributed by atoms with van der Waals surface area (Å²) in [4.78, 5) is 14.1. The lowest BCUT2D eigenvalue weighted by Crippen LogP contribution is -2.55. The van der Waals surface area contributed by atoms with Gasteiger partial charge in [0.15, 0.2) is 0 Å². The van der Waals surface area contributed by atoms with Crippen molar-refractivity contribution in [2.45, 2.75) is 97.5 Å². The zero-order chi connectivity index (χ0) is 21.4. The smallest absolute Gasteiger partial charge is 0.308 e. The molecule has 1 heterocycles. The highest BCUT2D eigenvalue weighted by atomic mass is 16.5. The summed E-state index contributed by atoms with van der Waals surface area (Å²) in [5.74, 6) is -0.442. The number of nitrogens with zero attached hydrogens (tertiary/aromatic N) is 1. The van der Waals surface area contributed by atoms with Gasteiger partial charge in [-0.3, -0.25) is 4.79 Å². The van der Waals surface area contributed by atoms with Crippen molar-refractivity contribution in [1.82, 2.24) is 4.90 Å². The average molecular weight is 390 g/mol. The van der Waals surface area contributed by atoms with Crippen LogP contribution in [0.4, 0.5) is 0 Å². The van der Waals surface area contributed by atoms with Gasteiger partial charge < -0.3 is 25.0 Å². The Hall–Kier alpha value is -0.690. The quantitative estimate of drug-likeness (QED) is 0.552. The molecule has 0 spiro atoms. The number of carbonyl (C=O) groups is 1. The molecule has 0 saturated carbocycles. The van der Waals surface area contributed by atoms with Gasteiger partial charge in [-0.05, 0) is 59.4 Å². The van der Waals surface area contributed by atoms with E-state index < -0.39 is 17.3 Å². The molecule has 6 atom stereocenters. The van der Waals surface area contributed by atoms with Crippen LogP contribution in [-0.4, -0.2) is 69.7 Å². The standard InChI is InChI=1S/C19H37NO5.C2H6/c1-13-10-18(4,23)9-7-8-14(2)17(22)25-12-19(5,24)16(21)15(3)20(6)11-13;1-2/h13-16,21,23-24H,7-12H2,1-6H3;1-2H3/t13-,14?,15?,16?,18+,19-;/m1./s1. The highest BCUT2D eigenvalue weighted by Crippen LogP contribution is 2.26. The molecule has 0 aromatic heterocycles. The summed E-state index contributed by atoms with van der Waals surface area (Å²) in [6.07, 6.45) is 1.59. The highest BCUT2D eigenvalue weighted by molar-refractivity contribution is 5.71. The molecule has 162 valence electrons. The lowest BCUT2D eigenvalue weighted by molar-refractivity contribution is -0.166. The molecule has 0 aromatic rings. The van der Waals surface area contributed by atoms with Crippen molar-refractivity contribution < 1.29 is 24.9 Å². The van der Waals surface area contributed by atoms with Gasteiger partial charge in [-0.25, -0.2) is 0 Å². The van der Waals surface area contributed by atoms with E-state index in [0.29, 0.717) is 25.8 Å². The number of aliphatic hydroxyl groups excluding tert-OH is 1. The molecule has 1 fully saturated rings. The van der Waals surface area contributed by atoms with Crippen molar-refractivity contribution in [3.8, 4) is 0 Å². The minimum absolute atomic E-state index is 0.233. The lowest BCUT2D eigenvalue weighted by atomic mass is 9.87. The summed E-state index contributed by atoms with van der Waals surface area (Å²) in [6.45, 7) is 13.5. The van der Waals surface area contributed by atoms with Crippen LogP contribution in [0.25, 0.3) is 0 Å². The number of hydrogen-bond donors (Lipinski definition) is 3. The number of cyclic esters (lactones) is 1. The Morgan fingerprint density at radius 1 is 1.15 bits per heavy atom. The molecule has 6 nitrogen and oxygen atoms in total. The molecule has 6 heteroatoms. The van der Waals surface area contributed by atoms with Crippen LogP contribution >= 0.6 is 0 Å². The molecule has 1 rings (SSSR count). The summed E-state index contributed by atoms with van der Waals surface area (Å²) in [5.41, 5.74) is -2.30. The Morgan fingerprint density at radius 3 is 2.26 bits per heavy atom. The highest BCUT2D eigenvalue weighted by Gasteiger charge is 2.38. The van der Waals surface area contributed by atoms with Gasteiger partial charge in [0.2, 0.25) is 0 Å². The zero-order valence-corrected chi connectivity index (χ0v) is 18.7. The molecule has 1 aliphatic heterocycles. The van der Waals surface area contributed by atoms with E-state index in [2.05, 4.69) is 6.92 Å². The second kappa shape index (κ2) is 11.3. The number of rotatable bonds is 0. The Morgan fingerprint density at radius 2 is 1.70 bits per heavy atom. The van der Waals surface area contributed by atoms with Crippen molar-refractivity contribution in [1.29, 1.82) is 0 Å². The van der Waals surface area contributed by atoms with Crippen molar-refractivity contribution in [2.75, 3.05) is 20.2 Å². The number of hydrogen-bond acceptors (Lipinski definition) is 6. The van der Waals surface area contributed by atoms with Gasteiger partial charge in [0.05, 0.1) is 11.5 Å². The van der Waals surface area contributed by atoms with E-state index in [-0.39, 0.29) is 30.5 Å². The maximum absolute atomic E-state index is 12.1. The number of esters is 1. The third kappa shape index (κ3) is 8.90. The van der Waals surface area contributed by atoms with Crippen molar-refractivity contribution >= 4 is 5.97 Å². The molecule has 0 aliphatic carbocycles. The second-order valence-electron chi connectivity index (χ2n) is 8.69. The van der Waals surface area contributed by atoms with Crippen LogP contribution < -0.4 is 0 Å². The van der Waals surface area contributed by atoms with E-state index in [0.717, 1.165) is 6.42 Å². The van der Waals surface area contributed by atoms with Crippen molar-refractivity contribution in [3.05, 3.63) is 0 Å². The number of aliphatic hydroxyl groups is 3. The molecule has 0 bridgehead atoms. The van der Waals surface area contributed by atoms with Gasteiger partial charge in [0.1, 0.15) is 18.3 Å². The first-order valence-electron chi connectivity index (χ1n) is 10.4. The minimum Gasteiger partial charge on any atom is -0.462 e. The maximum Gasteiger partial charge on any atom is 0.308 e. The summed E-state index contributed by atoms with van der Waals surface area (Å²) >= 11 is 0. The van der Waals surface area contributed by atoms with Crippen molar-refractivity contribution in [2.24, 2.45) is 11.8 Å². The predicted molar refractivity (Wildman–Crippen MR) is 108 cm³/mol. The van der Waals surface area contributed by atoms with Crippen LogP contribution in [0.3, 0.4) is 0 Å². The second-order valence-corrected chi connectivity index (χ2v) is 8.69. The molecule has 1 saturated heterocycles. The average Bonchev–Trinajstić information content (AvgIpc) is 2.58. The van der Waals surface area contributed by atoms with Crippen molar-refractivity contribution in [3.63, 3.8) is 0 Å². The Balaban J connectivity index is 0.00000326. The van der Waals surface area contributed by atoms with E-state index >= 15 is 0 Å². The number of carbonyl (C=O) groups excluding carboxylic acids is 1.